The smallest absolute Gasteiger partial charge is 0.290 e. The molecule has 3 heterocycles. The van der Waals surface area contributed by atoms with E-state index in [4.69, 9.17) is 9.72 Å². The molecule has 0 spiro atoms. The van der Waals surface area contributed by atoms with E-state index in [9.17, 15) is 9.59 Å². The van der Waals surface area contributed by atoms with Crippen LogP contribution in [-0.4, -0.2) is 85.5 Å². The van der Waals surface area contributed by atoms with Crippen LogP contribution in [0.3, 0.4) is 0 Å². The Morgan fingerprint density at radius 1 is 1.21 bits per heavy atom. The normalized spacial score (nSPS) is 18.6. The predicted octanol–water partition coefficient (Wildman–Crippen LogP) is 1.42. The highest BCUT2D eigenvalue weighted by molar-refractivity contribution is 8.18. The predicted molar refractivity (Wildman–Crippen MR) is 115 cm³/mol. The SMILES string of the molecule is CCN(CC)CCN(C)c1nc(/C=C2/SC(=O)NC2=O)cc(N2CCOCC2)n1. The third kappa shape index (κ3) is 5.68. The van der Waals surface area contributed by atoms with Crippen LogP contribution in [0.25, 0.3) is 6.08 Å². The Balaban J connectivity index is 1.87. The summed E-state index contributed by atoms with van der Waals surface area (Å²) in [7, 11) is 1.97. The highest BCUT2D eigenvalue weighted by Crippen LogP contribution is 2.27. The average molecular weight is 421 g/mol. The largest absolute Gasteiger partial charge is 0.378 e. The summed E-state index contributed by atoms with van der Waals surface area (Å²) < 4.78 is 5.45. The first kappa shape index (κ1) is 21.5. The minimum Gasteiger partial charge on any atom is -0.378 e. The second-order valence-electron chi connectivity index (χ2n) is 6.85. The summed E-state index contributed by atoms with van der Waals surface area (Å²) >= 11 is 0.892. The lowest BCUT2D eigenvalue weighted by atomic mass is 10.3. The summed E-state index contributed by atoms with van der Waals surface area (Å²) in [5, 5.41) is 1.92. The van der Waals surface area contributed by atoms with E-state index < -0.39 is 0 Å². The van der Waals surface area contributed by atoms with Gasteiger partial charge in [-0.05, 0) is 30.9 Å². The molecule has 10 heteroatoms. The number of carbonyl (C=O) groups is 2. The van der Waals surface area contributed by atoms with Crippen LogP contribution in [0.1, 0.15) is 19.5 Å². The van der Waals surface area contributed by atoms with Gasteiger partial charge in [-0.2, -0.15) is 4.98 Å². The van der Waals surface area contributed by atoms with E-state index in [0.717, 1.165) is 56.8 Å². The van der Waals surface area contributed by atoms with Crippen LogP contribution in [0.4, 0.5) is 16.6 Å². The first-order valence-corrected chi connectivity index (χ1v) is 10.7. The van der Waals surface area contributed by atoms with Gasteiger partial charge in [-0.15, -0.1) is 0 Å². The third-order valence-electron chi connectivity index (χ3n) is 4.96. The minimum absolute atomic E-state index is 0.346. The maximum Gasteiger partial charge on any atom is 0.290 e. The van der Waals surface area contributed by atoms with Gasteiger partial charge in [0.1, 0.15) is 5.82 Å². The van der Waals surface area contributed by atoms with Gasteiger partial charge in [-0.3, -0.25) is 14.9 Å². The minimum atomic E-state index is -0.386. The molecule has 2 fully saturated rings. The van der Waals surface area contributed by atoms with Crippen LogP contribution >= 0.6 is 11.8 Å². The molecule has 3 rings (SSSR count). The summed E-state index contributed by atoms with van der Waals surface area (Å²) in [6.07, 6.45) is 1.65. The maximum atomic E-state index is 11.9. The van der Waals surface area contributed by atoms with Crippen LogP contribution in [0.15, 0.2) is 11.0 Å². The lowest BCUT2D eigenvalue weighted by molar-refractivity contribution is -0.115. The molecule has 0 atom stereocenters. The molecule has 2 aliphatic rings. The highest BCUT2D eigenvalue weighted by atomic mass is 32.2. The van der Waals surface area contributed by atoms with E-state index in [1.54, 1.807) is 6.08 Å². The van der Waals surface area contributed by atoms with Crippen LogP contribution in [0.2, 0.25) is 0 Å². The van der Waals surface area contributed by atoms with Crippen LogP contribution in [0.5, 0.6) is 0 Å². The van der Waals surface area contributed by atoms with Gasteiger partial charge in [-0.25, -0.2) is 4.98 Å². The number of imide groups is 1. The molecule has 0 saturated carbocycles. The zero-order chi connectivity index (χ0) is 20.8. The Bertz CT molecular complexity index is 777. The molecule has 1 N–H and O–H groups in total. The molecule has 0 radical (unpaired) electrons. The molecule has 2 amide bonds. The van der Waals surface area contributed by atoms with Crippen molar-refractivity contribution in [1.82, 2.24) is 20.2 Å². The number of ether oxygens (including phenoxy) is 1. The standard InChI is InChI=1S/C19H28N6O3S/c1-4-24(5-2)7-6-23(3)18-20-14(12-15-17(26)22-19(27)29-15)13-16(21-18)25-8-10-28-11-9-25/h12-13H,4-11H2,1-3H3,(H,22,26,27)/b15-12+. The second kappa shape index (κ2) is 10.0. The zero-order valence-corrected chi connectivity index (χ0v) is 18.0. The number of likely N-dealkylation sites (N-methyl/N-ethyl adjacent to an activating group) is 2. The molecule has 1 aromatic heterocycles. The quantitative estimate of drug-likeness (QED) is 0.627. The molecule has 0 aliphatic carbocycles. The Hall–Kier alpha value is -2.17. The van der Waals surface area contributed by atoms with Crippen molar-refractivity contribution in [1.29, 1.82) is 0 Å². The fraction of sp³-hybridized carbons (Fsp3) is 0.579. The van der Waals surface area contributed by atoms with Gasteiger partial charge in [0.2, 0.25) is 5.95 Å². The van der Waals surface area contributed by atoms with Gasteiger partial charge in [0.05, 0.1) is 23.8 Å². The molecule has 0 unspecified atom stereocenters. The van der Waals surface area contributed by atoms with Crippen molar-refractivity contribution >= 4 is 40.8 Å². The summed E-state index contributed by atoms with van der Waals surface area (Å²) in [6, 6.07) is 1.86. The molecule has 0 bridgehead atoms. The number of aromatic nitrogens is 2. The molecule has 2 aliphatic heterocycles. The van der Waals surface area contributed by atoms with Gasteiger partial charge in [0, 0.05) is 39.3 Å². The number of carbonyl (C=O) groups excluding carboxylic acids is 2. The summed E-state index contributed by atoms with van der Waals surface area (Å²) in [6.45, 7) is 10.8. The van der Waals surface area contributed by atoms with E-state index in [1.807, 2.05) is 18.0 Å². The molecule has 158 valence electrons. The lowest BCUT2D eigenvalue weighted by Gasteiger charge is -2.29. The number of morpholine rings is 1. The summed E-state index contributed by atoms with van der Waals surface area (Å²) in [5.41, 5.74) is 0.610. The van der Waals surface area contributed by atoms with Gasteiger partial charge in [0.25, 0.3) is 11.1 Å². The van der Waals surface area contributed by atoms with E-state index in [-0.39, 0.29) is 11.1 Å². The van der Waals surface area contributed by atoms with Crippen molar-refractivity contribution < 1.29 is 14.3 Å². The van der Waals surface area contributed by atoms with Crippen molar-refractivity contribution in [3.63, 3.8) is 0 Å². The zero-order valence-electron chi connectivity index (χ0n) is 17.2. The number of nitrogens with one attached hydrogen (secondary N) is 1. The number of hydrogen-bond donors (Lipinski definition) is 1. The molecule has 2 saturated heterocycles. The van der Waals surface area contributed by atoms with Crippen molar-refractivity contribution in [3.05, 3.63) is 16.7 Å². The van der Waals surface area contributed by atoms with Crippen molar-refractivity contribution in [3.8, 4) is 0 Å². The third-order valence-corrected chi connectivity index (χ3v) is 5.77. The van der Waals surface area contributed by atoms with Crippen molar-refractivity contribution in [2.45, 2.75) is 13.8 Å². The van der Waals surface area contributed by atoms with Gasteiger partial charge < -0.3 is 19.4 Å². The average Bonchev–Trinajstić information content (AvgIpc) is 3.05. The number of hydrogen-bond acceptors (Lipinski definition) is 9. The number of rotatable bonds is 8. The van der Waals surface area contributed by atoms with E-state index >= 15 is 0 Å². The molecular formula is C19H28N6O3S. The van der Waals surface area contributed by atoms with E-state index in [1.165, 1.54) is 0 Å². The number of thioether (sulfide) groups is 1. The van der Waals surface area contributed by atoms with Crippen molar-refractivity contribution in [2.24, 2.45) is 0 Å². The first-order chi connectivity index (χ1) is 14.0. The Kier molecular flexibility index (Phi) is 7.45. The van der Waals surface area contributed by atoms with Gasteiger partial charge >= 0.3 is 0 Å². The second-order valence-corrected chi connectivity index (χ2v) is 7.87. The fourth-order valence-corrected chi connectivity index (χ4v) is 3.79. The summed E-state index contributed by atoms with van der Waals surface area (Å²) in [4.78, 5) is 39.7. The topological polar surface area (TPSA) is 90.9 Å². The lowest BCUT2D eigenvalue weighted by Crippen LogP contribution is -2.37. The molecule has 29 heavy (non-hydrogen) atoms. The Morgan fingerprint density at radius 2 is 1.93 bits per heavy atom. The van der Waals surface area contributed by atoms with Gasteiger partial charge in [0.15, 0.2) is 0 Å². The Labute approximate surface area is 175 Å². The molecule has 1 aromatic rings. The highest BCUT2D eigenvalue weighted by Gasteiger charge is 2.26. The fourth-order valence-electron chi connectivity index (χ4n) is 3.13. The molecule has 9 nitrogen and oxygen atoms in total. The number of nitrogens with zero attached hydrogens (tertiary/aromatic N) is 5. The van der Waals surface area contributed by atoms with Gasteiger partial charge in [-0.1, -0.05) is 13.8 Å². The van der Waals surface area contributed by atoms with Crippen LogP contribution in [0, 0.1) is 0 Å². The first-order valence-electron chi connectivity index (χ1n) is 9.90. The maximum absolute atomic E-state index is 11.9. The number of amides is 2. The van der Waals surface area contributed by atoms with Crippen molar-refractivity contribution in [2.75, 3.05) is 69.3 Å². The monoisotopic (exact) mass is 420 g/mol. The summed E-state index contributed by atoms with van der Waals surface area (Å²) in [5.74, 6) is 1.01. The van der Waals surface area contributed by atoms with E-state index in [2.05, 4.69) is 33.9 Å². The molecule has 0 aromatic carbocycles. The molecular weight excluding hydrogens is 392 g/mol. The van der Waals surface area contributed by atoms with Crippen LogP contribution in [-0.2, 0) is 9.53 Å². The van der Waals surface area contributed by atoms with Crippen LogP contribution < -0.4 is 15.1 Å². The Morgan fingerprint density at radius 3 is 2.55 bits per heavy atom. The number of anilines is 2. The van der Waals surface area contributed by atoms with E-state index in [0.29, 0.717) is 29.8 Å².